The minimum absolute atomic E-state index is 0.117. The number of halogens is 1. The van der Waals surface area contributed by atoms with Gasteiger partial charge < -0.3 is 4.74 Å². The summed E-state index contributed by atoms with van der Waals surface area (Å²) < 4.78 is 5.29. The van der Waals surface area contributed by atoms with Gasteiger partial charge in [0.2, 0.25) is 0 Å². The molecular weight excluding hydrogens is 244 g/mol. The van der Waals surface area contributed by atoms with Gasteiger partial charge in [-0.25, -0.2) is 0 Å². The molecule has 0 aliphatic heterocycles. The Hall–Kier alpha value is -0.690. The number of alkyl halides is 1. The van der Waals surface area contributed by atoms with Gasteiger partial charge in [0.25, 0.3) is 0 Å². The number of aryl methyl sites for hydroxylation is 1. The highest BCUT2D eigenvalue weighted by atomic mass is 35.5. The highest BCUT2D eigenvalue weighted by Gasteiger charge is 2.19. The highest BCUT2D eigenvalue weighted by molar-refractivity contribution is 6.21. The molecule has 102 valence electrons. The molecule has 0 amide bonds. The van der Waals surface area contributed by atoms with Gasteiger partial charge in [0.05, 0.1) is 12.5 Å². The maximum Gasteiger partial charge on any atom is 0.121 e. The number of hydrogen-bond acceptors (Lipinski definition) is 1. The zero-order valence-corrected chi connectivity index (χ0v) is 12.8. The molecule has 0 radical (unpaired) electrons. The first kappa shape index (κ1) is 15.4. The molecule has 2 heteroatoms. The fraction of sp³-hybridized carbons (Fsp3) is 0.625. The zero-order chi connectivity index (χ0) is 13.5. The predicted octanol–water partition coefficient (Wildman–Crippen LogP) is 5.50. The van der Waals surface area contributed by atoms with Crippen molar-refractivity contribution in [2.45, 2.75) is 51.8 Å². The number of methoxy groups -OCH3 is 1. The average Bonchev–Trinajstić information content (AvgIpc) is 2.39. The molecule has 0 N–H and O–H groups in total. The third-order valence-corrected chi connectivity index (χ3v) is 4.21. The van der Waals surface area contributed by atoms with Crippen LogP contribution < -0.4 is 4.74 Å². The molecule has 1 aromatic rings. The summed E-state index contributed by atoms with van der Waals surface area (Å²) in [6, 6.07) is 6.27. The summed E-state index contributed by atoms with van der Waals surface area (Å²) in [5, 5.41) is 0.117. The molecule has 0 bridgehead atoms. The van der Waals surface area contributed by atoms with Crippen LogP contribution in [0.15, 0.2) is 18.2 Å². The van der Waals surface area contributed by atoms with Crippen LogP contribution in [0, 0.1) is 12.8 Å². The van der Waals surface area contributed by atoms with Crippen molar-refractivity contribution in [2.24, 2.45) is 5.92 Å². The van der Waals surface area contributed by atoms with Crippen LogP contribution in [0.1, 0.15) is 56.0 Å². The number of hydrogen-bond donors (Lipinski definition) is 0. The van der Waals surface area contributed by atoms with Gasteiger partial charge in [-0.15, -0.1) is 11.6 Å². The van der Waals surface area contributed by atoms with Gasteiger partial charge >= 0.3 is 0 Å². The van der Waals surface area contributed by atoms with Gasteiger partial charge in [0, 0.05) is 0 Å². The van der Waals surface area contributed by atoms with Crippen LogP contribution in [-0.2, 0) is 0 Å². The van der Waals surface area contributed by atoms with E-state index in [4.69, 9.17) is 16.3 Å². The summed E-state index contributed by atoms with van der Waals surface area (Å²) in [5.41, 5.74) is 2.38. The molecule has 1 aromatic carbocycles. The average molecular weight is 269 g/mol. The van der Waals surface area contributed by atoms with Crippen molar-refractivity contribution in [2.75, 3.05) is 7.11 Å². The van der Waals surface area contributed by atoms with E-state index in [1.165, 1.54) is 24.8 Å². The zero-order valence-electron chi connectivity index (χ0n) is 12.0. The normalized spacial score (nSPS) is 14.3. The van der Waals surface area contributed by atoms with Crippen LogP contribution in [0.3, 0.4) is 0 Å². The van der Waals surface area contributed by atoms with E-state index in [1.54, 1.807) is 7.11 Å². The molecule has 0 saturated carbocycles. The molecule has 2 unspecified atom stereocenters. The summed E-state index contributed by atoms with van der Waals surface area (Å²) in [5.74, 6) is 1.50. The minimum atomic E-state index is 0.117. The van der Waals surface area contributed by atoms with E-state index in [-0.39, 0.29) is 5.38 Å². The molecule has 2 atom stereocenters. The van der Waals surface area contributed by atoms with Gasteiger partial charge in [0.1, 0.15) is 5.75 Å². The highest BCUT2D eigenvalue weighted by Crippen LogP contribution is 2.36. The summed E-state index contributed by atoms with van der Waals surface area (Å²) in [7, 11) is 1.70. The van der Waals surface area contributed by atoms with Crippen molar-refractivity contribution in [3.05, 3.63) is 29.3 Å². The Bertz CT molecular complexity index is 362. The van der Waals surface area contributed by atoms with E-state index in [0.29, 0.717) is 5.92 Å². The largest absolute Gasteiger partial charge is 0.496 e. The minimum Gasteiger partial charge on any atom is -0.496 e. The number of unbranched alkanes of at least 4 members (excludes halogenated alkanes) is 1. The van der Waals surface area contributed by atoms with E-state index in [1.807, 2.05) is 6.07 Å². The predicted molar refractivity (Wildman–Crippen MR) is 79.6 cm³/mol. The number of rotatable bonds is 7. The van der Waals surface area contributed by atoms with E-state index in [2.05, 4.69) is 32.9 Å². The molecule has 1 nitrogen and oxygen atoms in total. The smallest absolute Gasteiger partial charge is 0.121 e. The fourth-order valence-corrected chi connectivity index (χ4v) is 2.81. The molecule has 0 aliphatic carbocycles. The van der Waals surface area contributed by atoms with Crippen LogP contribution in [0.25, 0.3) is 0 Å². The Morgan fingerprint density at radius 1 is 1.28 bits per heavy atom. The summed E-state index contributed by atoms with van der Waals surface area (Å²) in [6.07, 6.45) is 4.85. The van der Waals surface area contributed by atoms with Crippen molar-refractivity contribution < 1.29 is 4.74 Å². The standard InChI is InChI=1S/C16H25ClO/c1-5-7-8-13(6-2)16(17)14-9-10-15(18-4)12(3)11-14/h9-11,13,16H,5-8H2,1-4H3. The van der Waals surface area contributed by atoms with Gasteiger partial charge in [-0.2, -0.15) is 0 Å². The lowest BCUT2D eigenvalue weighted by atomic mass is 9.91. The van der Waals surface area contributed by atoms with Crippen molar-refractivity contribution in [1.82, 2.24) is 0 Å². The van der Waals surface area contributed by atoms with Gasteiger partial charge in [-0.05, 0) is 36.5 Å². The van der Waals surface area contributed by atoms with Crippen LogP contribution in [0.5, 0.6) is 5.75 Å². The monoisotopic (exact) mass is 268 g/mol. The van der Waals surface area contributed by atoms with Crippen LogP contribution in [0.4, 0.5) is 0 Å². The Kier molecular flexibility index (Phi) is 6.56. The van der Waals surface area contributed by atoms with Gasteiger partial charge in [0.15, 0.2) is 0 Å². The van der Waals surface area contributed by atoms with Crippen LogP contribution in [-0.4, -0.2) is 7.11 Å². The second-order valence-electron chi connectivity index (χ2n) is 4.94. The number of ether oxygens (including phenoxy) is 1. The third-order valence-electron chi connectivity index (χ3n) is 3.60. The van der Waals surface area contributed by atoms with E-state index >= 15 is 0 Å². The maximum atomic E-state index is 6.63. The SMILES string of the molecule is CCCCC(CC)C(Cl)c1ccc(OC)c(C)c1. The lowest BCUT2D eigenvalue weighted by molar-refractivity contribution is 0.410. The van der Waals surface area contributed by atoms with Crippen LogP contribution >= 0.6 is 11.6 Å². The lowest BCUT2D eigenvalue weighted by Gasteiger charge is -2.22. The summed E-state index contributed by atoms with van der Waals surface area (Å²) >= 11 is 6.63. The van der Waals surface area contributed by atoms with Crippen molar-refractivity contribution in [1.29, 1.82) is 0 Å². The Morgan fingerprint density at radius 3 is 2.50 bits per heavy atom. The van der Waals surface area contributed by atoms with Crippen molar-refractivity contribution >= 4 is 11.6 Å². The van der Waals surface area contributed by atoms with Crippen molar-refractivity contribution in [3.8, 4) is 5.75 Å². The first-order valence-corrected chi connectivity index (χ1v) is 7.36. The maximum absolute atomic E-state index is 6.63. The molecule has 0 heterocycles. The molecule has 0 aliphatic rings. The molecule has 1 rings (SSSR count). The molecule has 0 spiro atoms. The van der Waals surface area contributed by atoms with E-state index < -0.39 is 0 Å². The lowest BCUT2D eigenvalue weighted by Crippen LogP contribution is -2.07. The van der Waals surface area contributed by atoms with E-state index in [0.717, 1.165) is 17.7 Å². The second-order valence-corrected chi connectivity index (χ2v) is 5.41. The first-order chi connectivity index (χ1) is 8.63. The van der Waals surface area contributed by atoms with Gasteiger partial charge in [-0.3, -0.25) is 0 Å². The second kappa shape index (κ2) is 7.68. The van der Waals surface area contributed by atoms with Crippen LogP contribution in [0.2, 0.25) is 0 Å². The summed E-state index contributed by atoms with van der Waals surface area (Å²) in [6.45, 7) is 6.53. The molecular formula is C16H25ClO. The molecule has 18 heavy (non-hydrogen) atoms. The van der Waals surface area contributed by atoms with E-state index in [9.17, 15) is 0 Å². The molecule has 0 fully saturated rings. The first-order valence-electron chi connectivity index (χ1n) is 6.92. The van der Waals surface area contributed by atoms with Gasteiger partial charge in [-0.1, -0.05) is 45.2 Å². The molecule has 0 aromatic heterocycles. The topological polar surface area (TPSA) is 9.23 Å². The Morgan fingerprint density at radius 2 is 2.00 bits per heavy atom. The Labute approximate surface area is 116 Å². The number of benzene rings is 1. The third kappa shape index (κ3) is 3.91. The quantitative estimate of drug-likeness (QED) is 0.593. The fourth-order valence-electron chi connectivity index (χ4n) is 2.37. The molecule has 0 saturated heterocycles. The Balaban J connectivity index is 2.81. The van der Waals surface area contributed by atoms with Crippen molar-refractivity contribution in [3.63, 3.8) is 0 Å². The summed E-state index contributed by atoms with van der Waals surface area (Å²) in [4.78, 5) is 0.